The van der Waals surface area contributed by atoms with Gasteiger partial charge in [0.1, 0.15) is 19.3 Å². The van der Waals surface area contributed by atoms with Gasteiger partial charge >= 0.3 is 0 Å². The van der Waals surface area contributed by atoms with E-state index in [9.17, 15) is 13.2 Å². The Labute approximate surface area is 175 Å². The Balaban J connectivity index is 1.65. The Bertz CT molecular complexity index is 1010. The zero-order valence-electron chi connectivity index (χ0n) is 17.0. The zero-order chi connectivity index (χ0) is 21.7. The molecular formula is C20H24N2O7S. The average molecular weight is 436 g/mol. The number of amides is 1. The first-order chi connectivity index (χ1) is 14.3. The van der Waals surface area contributed by atoms with Crippen molar-refractivity contribution in [1.29, 1.82) is 0 Å². The number of hydrogen-bond donors (Lipinski definition) is 1. The first-order valence-corrected chi connectivity index (χ1v) is 11.0. The molecule has 162 valence electrons. The van der Waals surface area contributed by atoms with Crippen molar-refractivity contribution in [3.05, 3.63) is 42.5 Å². The quantitative estimate of drug-likeness (QED) is 0.668. The predicted octanol–water partition coefficient (Wildman–Crippen LogP) is 1.43. The van der Waals surface area contributed by atoms with Crippen LogP contribution >= 0.6 is 0 Å². The molecule has 0 spiro atoms. The molecule has 1 heterocycles. The molecule has 0 bridgehead atoms. The van der Waals surface area contributed by atoms with E-state index in [0.29, 0.717) is 23.0 Å². The van der Waals surface area contributed by atoms with Gasteiger partial charge in [0.2, 0.25) is 15.9 Å². The number of fused-ring (bicyclic) bond motifs is 1. The van der Waals surface area contributed by atoms with Gasteiger partial charge in [-0.25, -0.2) is 8.42 Å². The molecule has 1 atom stereocenters. The number of methoxy groups -OCH3 is 2. The van der Waals surface area contributed by atoms with Gasteiger partial charge in [0.25, 0.3) is 0 Å². The predicted molar refractivity (Wildman–Crippen MR) is 111 cm³/mol. The van der Waals surface area contributed by atoms with Crippen LogP contribution in [0.5, 0.6) is 23.0 Å². The summed E-state index contributed by atoms with van der Waals surface area (Å²) in [5, 5.41) is 2.70. The van der Waals surface area contributed by atoms with Gasteiger partial charge in [0.05, 0.1) is 32.7 Å². The van der Waals surface area contributed by atoms with E-state index in [1.54, 1.807) is 24.3 Å². The molecule has 0 radical (unpaired) electrons. The molecule has 10 heteroatoms. The fourth-order valence-electron chi connectivity index (χ4n) is 2.96. The van der Waals surface area contributed by atoms with Gasteiger partial charge in [-0.05, 0) is 24.3 Å². The van der Waals surface area contributed by atoms with Crippen molar-refractivity contribution in [3.63, 3.8) is 0 Å². The van der Waals surface area contributed by atoms with Gasteiger partial charge in [0.15, 0.2) is 23.0 Å². The molecule has 1 unspecified atom stereocenters. The number of carbonyl (C=O) groups is 1. The summed E-state index contributed by atoms with van der Waals surface area (Å²) in [7, 11) is -0.792. The third kappa shape index (κ3) is 5.07. The molecule has 2 aromatic carbocycles. The minimum absolute atomic E-state index is 0.177. The van der Waals surface area contributed by atoms with Crippen LogP contribution in [0.1, 0.15) is 0 Å². The van der Waals surface area contributed by atoms with Gasteiger partial charge in [-0.1, -0.05) is 12.1 Å². The van der Waals surface area contributed by atoms with Gasteiger partial charge in [0, 0.05) is 6.07 Å². The maximum atomic E-state index is 12.5. The van der Waals surface area contributed by atoms with Crippen LogP contribution in [0.2, 0.25) is 0 Å². The number of carbonyl (C=O) groups excluding carboxylic acids is 1. The highest BCUT2D eigenvalue weighted by Crippen LogP contribution is 2.32. The fourth-order valence-corrected chi connectivity index (χ4v) is 3.81. The van der Waals surface area contributed by atoms with Crippen molar-refractivity contribution < 1.29 is 32.2 Å². The maximum absolute atomic E-state index is 12.5. The minimum Gasteiger partial charge on any atom is -0.493 e. The van der Waals surface area contributed by atoms with Crippen LogP contribution in [0.4, 0.5) is 5.69 Å². The number of hydrogen-bond acceptors (Lipinski definition) is 7. The van der Waals surface area contributed by atoms with E-state index in [2.05, 4.69) is 5.32 Å². The second-order valence-corrected chi connectivity index (χ2v) is 8.52. The number of benzene rings is 2. The Morgan fingerprint density at radius 2 is 1.83 bits per heavy atom. The highest BCUT2D eigenvalue weighted by atomic mass is 32.2. The summed E-state index contributed by atoms with van der Waals surface area (Å²) in [5.74, 6) is 1.59. The molecule has 0 aromatic heterocycles. The van der Waals surface area contributed by atoms with E-state index in [0.717, 1.165) is 10.6 Å². The first-order valence-electron chi connectivity index (χ1n) is 9.16. The number of anilines is 1. The lowest BCUT2D eigenvalue weighted by Crippen LogP contribution is -2.45. The van der Waals surface area contributed by atoms with Crippen molar-refractivity contribution in [1.82, 2.24) is 5.32 Å². The standard InChI is InChI=1S/C20H24N2O7S/c1-26-16-9-8-14(10-19(16)27-2)22(30(3,24)25)12-20(23)21-11-15-13-28-17-6-4-5-7-18(17)29-15/h4-10,15H,11-13H2,1-3H3,(H,21,23). The van der Waals surface area contributed by atoms with Crippen LogP contribution < -0.4 is 28.6 Å². The van der Waals surface area contributed by atoms with Gasteiger partial charge < -0.3 is 24.3 Å². The molecule has 0 fully saturated rings. The topological polar surface area (TPSA) is 103 Å². The molecule has 2 aromatic rings. The summed E-state index contributed by atoms with van der Waals surface area (Å²) in [6.45, 7) is 0.0674. The van der Waals surface area contributed by atoms with Crippen molar-refractivity contribution in [3.8, 4) is 23.0 Å². The highest BCUT2D eigenvalue weighted by Gasteiger charge is 2.24. The lowest BCUT2D eigenvalue weighted by molar-refractivity contribution is -0.120. The third-order valence-corrected chi connectivity index (χ3v) is 5.58. The van der Waals surface area contributed by atoms with E-state index in [-0.39, 0.29) is 24.9 Å². The van der Waals surface area contributed by atoms with Crippen molar-refractivity contribution in [2.75, 3.05) is 44.5 Å². The number of rotatable bonds is 8. The smallest absolute Gasteiger partial charge is 0.240 e. The lowest BCUT2D eigenvalue weighted by Gasteiger charge is -2.27. The second-order valence-electron chi connectivity index (χ2n) is 6.61. The number of nitrogens with zero attached hydrogens (tertiary/aromatic N) is 1. The molecule has 1 aliphatic heterocycles. The highest BCUT2D eigenvalue weighted by molar-refractivity contribution is 7.92. The molecule has 1 amide bonds. The number of ether oxygens (including phenoxy) is 4. The average Bonchev–Trinajstić information content (AvgIpc) is 2.74. The van der Waals surface area contributed by atoms with Gasteiger partial charge in [-0.15, -0.1) is 0 Å². The van der Waals surface area contributed by atoms with E-state index in [4.69, 9.17) is 18.9 Å². The van der Waals surface area contributed by atoms with E-state index in [1.807, 2.05) is 12.1 Å². The van der Waals surface area contributed by atoms with Crippen molar-refractivity contribution in [2.24, 2.45) is 0 Å². The van der Waals surface area contributed by atoms with Crippen LogP contribution in [0.15, 0.2) is 42.5 Å². The Morgan fingerprint density at radius 3 is 2.50 bits per heavy atom. The normalized spacial score (nSPS) is 15.2. The molecular weight excluding hydrogens is 412 g/mol. The van der Waals surface area contributed by atoms with Crippen molar-refractivity contribution >= 4 is 21.6 Å². The third-order valence-electron chi connectivity index (χ3n) is 4.44. The zero-order valence-corrected chi connectivity index (χ0v) is 17.8. The molecule has 0 aliphatic carbocycles. The minimum atomic E-state index is -3.72. The number of sulfonamides is 1. The molecule has 30 heavy (non-hydrogen) atoms. The van der Waals surface area contributed by atoms with E-state index < -0.39 is 22.5 Å². The Morgan fingerprint density at radius 1 is 1.13 bits per heavy atom. The second kappa shape index (κ2) is 9.12. The molecule has 1 N–H and O–H groups in total. The van der Waals surface area contributed by atoms with Crippen molar-refractivity contribution in [2.45, 2.75) is 6.10 Å². The van der Waals surface area contributed by atoms with Crippen LogP contribution in [0.3, 0.4) is 0 Å². The van der Waals surface area contributed by atoms with Gasteiger partial charge in [-0.2, -0.15) is 0 Å². The summed E-state index contributed by atoms with van der Waals surface area (Å²) in [5.41, 5.74) is 0.288. The molecule has 0 saturated heterocycles. The van der Waals surface area contributed by atoms with Crippen LogP contribution in [0, 0.1) is 0 Å². The van der Waals surface area contributed by atoms with Crippen LogP contribution in [0.25, 0.3) is 0 Å². The van der Waals surface area contributed by atoms with Gasteiger partial charge in [-0.3, -0.25) is 9.10 Å². The number of para-hydroxylation sites is 2. The molecule has 3 rings (SSSR count). The first kappa shape index (κ1) is 21.6. The van der Waals surface area contributed by atoms with E-state index >= 15 is 0 Å². The summed E-state index contributed by atoms with van der Waals surface area (Å²) >= 11 is 0. The largest absolute Gasteiger partial charge is 0.493 e. The molecule has 1 aliphatic rings. The fraction of sp³-hybridized carbons (Fsp3) is 0.350. The number of nitrogens with one attached hydrogen (secondary N) is 1. The molecule has 9 nitrogen and oxygen atoms in total. The maximum Gasteiger partial charge on any atom is 0.240 e. The van der Waals surface area contributed by atoms with E-state index in [1.165, 1.54) is 20.3 Å². The Hall–Kier alpha value is -3.14. The summed E-state index contributed by atoms with van der Waals surface area (Å²) in [6.07, 6.45) is 0.656. The summed E-state index contributed by atoms with van der Waals surface area (Å²) < 4.78 is 47.4. The molecule has 0 saturated carbocycles. The Kier molecular flexibility index (Phi) is 6.56. The lowest BCUT2D eigenvalue weighted by atomic mass is 10.2. The SMILES string of the molecule is COc1ccc(N(CC(=O)NCC2COc3ccccc3O2)S(C)(=O)=O)cc1OC. The monoisotopic (exact) mass is 436 g/mol. The van der Waals surface area contributed by atoms with Crippen LogP contribution in [-0.4, -0.2) is 60.6 Å². The summed E-state index contributed by atoms with van der Waals surface area (Å²) in [4.78, 5) is 12.5. The summed E-state index contributed by atoms with van der Waals surface area (Å²) in [6, 6.07) is 11.9. The van der Waals surface area contributed by atoms with Crippen LogP contribution in [-0.2, 0) is 14.8 Å².